The number of methoxy groups -OCH3 is 3. The minimum Gasteiger partial charge on any atom is -0.493 e. The van der Waals surface area contributed by atoms with E-state index in [0.717, 1.165) is 48.4 Å². The van der Waals surface area contributed by atoms with Crippen molar-refractivity contribution in [3.05, 3.63) is 76.3 Å². The lowest BCUT2D eigenvalue weighted by Gasteiger charge is -2.41. The molecule has 0 aromatic heterocycles. The van der Waals surface area contributed by atoms with Crippen LogP contribution in [-0.4, -0.2) is 43.0 Å². The average molecular weight is 538 g/mol. The maximum Gasteiger partial charge on any atom is 0.333 e. The number of amides is 2. The summed E-state index contributed by atoms with van der Waals surface area (Å²) in [5, 5.41) is 2.65. The summed E-state index contributed by atoms with van der Waals surface area (Å²) in [5.41, 5.74) is 6.33. The molecule has 3 aromatic rings. The summed E-state index contributed by atoms with van der Waals surface area (Å²) < 4.78 is 37.3. The van der Waals surface area contributed by atoms with Crippen LogP contribution in [0.3, 0.4) is 0 Å². The van der Waals surface area contributed by atoms with Gasteiger partial charge in [-0.25, -0.2) is 9.52 Å². The predicted molar refractivity (Wildman–Crippen MR) is 145 cm³/mol. The number of carbonyl (C=O) groups excluding carboxylic acids is 1. The Morgan fingerprint density at radius 2 is 1.53 bits per heavy atom. The first kappa shape index (κ1) is 25.9. The lowest BCUT2D eigenvalue weighted by atomic mass is 9.83. The van der Waals surface area contributed by atoms with Crippen molar-refractivity contribution in [3.63, 3.8) is 0 Å². The van der Waals surface area contributed by atoms with Crippen molar-refractivity contribution in [1.82, 2.24) is 9.62 Å². The van der Waals surface area contributed by atoms with Gasteiger partial charge >= 0.3 is 17.3 Å². The fourth-order valence-electron chi connectivity index (χ4n) is 5.11. The van der Waals surface area contributed by atoms with Crippen molar-refractivity contribution in [2.45, 2.75) is 32.4 Å². The van der Waals surface area contributed by atoms with Gasteiger partial charge in [-0.15, -0.1) is 0 Å². The maximum absolute atomic E-state index is 12.7. The summed E-state index contributed by atoms with van der Waals surface area (Å²) in [7, 11) is 4.83. The van der Waals surface area contributed by atoms with Gasteiger partial charge < -0.3 is 23.7 Å². The second kappa shape index (κ2) is 10.9. The molecule has 0 fully saturated rings. The highest BCUT2D eigenvalue weighted by atomic mass is 32.2. The second-order valence-electron chi connectivity index (χ2n) is 9.36. The van der Waals surface area contributed by atoms with Crippen molar-refractivity contribution in [1.29, 1.82) is 0 Å². The molecule has 3 aromatic carbocycles. The fraction of sp³-hybridized carbons (Fsp3) is 0.321. The Morgan fingerprint density at radius 3 is 2.21 bits per heavy atom. The molecule has 0 radical (unpaired) electrons. The standard InChI is InChI=1S/C28H31N3O6S/c1-17-5-7-21(8-6-17)29-28(32)30-38(33)37-27-15-22-18(12-26(27)36-4)9-10-31-16-20-14-25(35-3)24(34-2)13-19(20)11-23(22)31/h5-8,12-15,23H,9-11,16H2,1-4H3,(H2,29,30,32). The van der Waals surface area contributed by atoms with E-state index in [-0.39, 0.29) is 6.04 Å². The zero-order valence-corrected chi connectivity index (χ0v) is 22.6. The van der Waals surface area contributed by atoms with Gasteiger partial charge in [0, 0.05) is 24.8 Å². The quantitative estimate of drug-likeness (QED) is 0.459. The molecule has 9 nitrogen and oxygen atoms in total. The molecular weight excluding hydrogens is 506 g/mol. The van der Waals surface area contributed by atoms with Crippen LogP contribution in [-0.2, 0) is 30.7 Å². The number of nitrogens with one attached hydrogen (secondary N) is 2. The van der Waals surface area contributed by atoms with E-state index in [0.29, 0.717) is 22.9 Å². The smallest absolute Gasteiger partial charge is 0.333 e. The van der Waals surface area contributed by atoms with E-state index in [2.05, 4.69) is 21.0 Å². The lowest BCUT2D eigenvalue weighted by Crippen LogP contribution is -2.39. The molecule has 10 heteroatoms. The number of anilines is 1. The van der Waals surface area contributed by atoms with Crippen LogP contribution in [0.4, 0.5) is 10.5 Å². The predicted octanol–water partition coefficient (Wildman–Crippen LogP) is 4.46. The van der Waals surface area contributed by atoms with E-state index in [1.165, 1.54) is 11.1 Å². The number of fused-ring (bicyclic) bond motifs is 4. The average Bonchev–Trinajstić information content (AvgIpc) is 2.91. The molecule has 2 aliphatic rings. The van der Waals surface area contributed by atoms with Crippen molar-refractivity contribution in [3.8, 4) is 23.0 Å². The molecule has 2 amide bonds. The van der Waals surface area contributed by atoms with E-state index in [1.807, 2.05) is 37.3 Å². The van der Waals surface area contributed by atoms with Crippen LogP contribution in [0, 0.1) is 6.92 Å². The summed E-state index contributed by atoms with van der Waals surface area (Å²) >= 11 is -2.13. The molecule has 0 bridgehead atoms. The van der Waals surface area contributed by atoms with Gasteiger partial charge in [0.15, 0.2) is 23.0 Å². The molecular formula is C28H31N3O6S. The molecule has 2 atom stereocenters. The molecule has 2 heterocycles. The number of carbonyl (C=O) groups is 1. The summed E-state index contributed by atoms with van der Waals surface area (Å²) in [5.74, 6) is 2.21. The highest BCUT2D eigenvalue weighted by Crippen LogP contribution is 2.44. The van der Waals surface area contributed by atoms with Crippen LogP contribution in [0.2, 0.25) is 0 Å². The van der Waals surface area contributed by atoms with Crippen molar-refractivity contribution < 1.29 is 27.4 Å². The Morgan fingerprint density at radius 1 is 0.895 bits per heavy atom. The maximum atomic E-state index is 12.7. The van der Waals surface area contributed by atoms with Crippen LogP contribution >= 0.6 is 0 Å². The van der Waals surface area contributed by atoms with Crippen LogP contribution in [0.1, 0.15) is 33.9 Å². The summed E-state index contributed by atoms with van der Waals surface area (Å²) in [6.45, 7) is 3.65. The van der Waals surface area contributed by atoms with E-state index >= 15 is 0 Å². The van der Waals surface area contributed by atoms with Gasteiger partial charge in [-0.05, 0) is 78.4 Å². The number of urea groups is 1. The zero-order chi connectivity index (χ0) is 26.8. The molecule has 0 saturated heterocycles. The number of nitrogens with zero attached hydrogens (tertiary/aromatic N) is 1. The normalized spacial score (nSPS) is 16.8. The molecule has 0 aliphatic carbocycles. The van der Waals surface area contributed by atoms with Gasteiger partial charge in [0.05, 0.1) is 21.3 Å². The molecule has 38 heavy (non-hydrogen) atoms. The minimum atomic E-state index is -2.13. The Hall–Kier alpha value is -3.76. The topological polar surface area (TPSA) is 98.4 Å². The van der Waals surface area contributed by atoms with Crippen LogP contribution in [0.5, 0.6) is 23.0 Å². The highest BCUT2D eigenvalue weighted by Gasteiger charge is 2.34. The van der Waals surface area contributed by atoms with E-state index < -0.39 is 17.3 Å². The molecule has 200 valence electrons. The Labute approximate surface area is 224 Å². The summed E-state index contributed by atoms with van der Waals surface area (Å²) in [6.07, 6.45) is 1.64. The molecule has 2 unspecified atom stereocenters. The van der Waals surface area contributed by atoms with Gasteiger partial charge in [0.1, 0.15) is 0 Å². The molecule has 0 spiro atoms. The Bertz CT molecular complexity index is 1380. The van der Waals surface area contributed by atoms with Gasteiger partial charge in [-0.3, -0.25) is 4.90 Å². The van der Waals surface area contributed by atoms with E-state index in [1.54, 1.807) is 33.5 Å². The summed E-state index contributed by atoms with van der Waals surface area (Å²) in [6, 6.07) is 14.7. The number of hydrogen-bond acceptors (Lipinski definition) is 7. The first-order valence-electron chi connectivity index (χ1n) is 12.3. The first-order valence-corrected chi connectivity index (χ1v) is 13.4. The number of aryl methyl sites for hydroxylation is 1. The number of ether oxygens (including phenoxy) is 3. The van der Waals surface area contributed by atoms with Crippen LogP contribution in [0.25, 0.3) is 0 Å². The number of rotatable bonds is 7. The van der Waals surface area contributed by atoms with Gasteiger partial charge in [0.2, 0.25) is 0 Å². The largest absolute Gasteiger partial charge is 0.493 e. The fourth-order valence-corrected chi connectivity index (χ4v) is 5.65. The van der Waals surface area contributed by atoms with Gasteiger partial charge in [0.25, 0.3) is 0 Å². The van der Waals surface area contributed by atoms with E-state index in [9.17, 15) is 9.00 Å². The number of benzene rings is 3. The molecule has 5 rings (SSSR count). The SMILES string of the molecule is COc1cc2c(cc1OC)CN1CCc3cc(OC)c(OS(=O)NC(=O)Nc4ccc(C)cc4)cc3C1C2. The Kier molecular flexibility index (Phi) is 7.44. The van der Waals surface area contributed by atoms with Crippen LogP contribution < -0.4 is 28.4 Å². The van der Waals surface area contributed by atoms with Gasteiger partial charge in [-0.2, -0.15) is 4.21 Å². The molecule has 2 aliphatic heterocycles. The molecule has 2 N–H and O–H groups in total. The first-order chi connectivity index (χ1) is 18.4. The third-order valence-corrected chi connectivity index (χ3v) is 7.72. The van der Waals surface area contributed by atoms with Crippen molar-refractivity contribution >= 4 is 23.0 Å². The highest BCUT2D eigenvalue weighted by molar-refractivity contribution is 7.79. The number of hydrogen-bond donors (Lipinski definition) is 2. The van der Waals surface area contributed by atoms with Crippen LogP contribution in [0.15, 0.2) is 48.5 Å². The Balaban J connectivity index is 1.35. The lowest BCUT2D eigenvalue weighted by molar-refractivity contribution is 0.160. The van der Waals surface area contributed by atoms with Gasteiger partial charge in [-0.1, -0.05) is 17.7 Å². The monoisotopic (exact) mass is 537 g/mol. The zero-order valence-electron chi connectivity index (χ0n) is 21.8. The second-order valence-corrected chi connectivity index (χ2v) is 10.2. The minimum absolute atomic E-state index is 0.115. The van der Waals surface area contributed by atoms with E-state index in [4.69, 9.17) is 18.4 Å². The van der Waals surface area contributed by atoms with Crippen molar-refractivity contribution in [2.24, 2.45) is 0 Å². The third-order valence-electron chi connectivity index (χ3n) is 7.04. The molecule has 0 saturated carbocycles. The third kappa shape index (κ3) is 5.27. The summed E-state index contributed by atoms with van der Waals surface area (Å²) in [4.78, 5) is 14.8. The van der Waals surface area contributed by atoms with Crippen molar-refractivity contribution in [2.75, 3.05) is 33.2 Å².